The highest BCUT2D eigenvalue weighted by molar-refractivity contribution is 6.04. The first-order valence-electron chi connectivity index (χ1n) is 11.0. The molecule has 35 heavy (non-hydrogen) atoms. The molecule has 0 spiro atoms. The van der Waals surface area contributed by atoms with Gasteiger partial charge in [0.1, 0.15) is 11.4 Å². The molecule has 178 valence electrons. The minimum Gasteiger partial charge on any atom is -0.422 e. The third kappa shape index (κ3) is 4.89. The van der Waals surface area contributed by atoms with Crippen molar-refractivity contribution in [2.75, 3.05) is 11.3 Å². The van der Waals surface area contributed by atoms with Crippen molar-refractivity contribution in [3.8, 4) is 5.75 Å². The number of nitrogens with zero attached hydrogens (tertiary/aromatic N) is 4. The molecule has 0 aliphatic rings. The monoisotopic (exact) mass is 470 g/mol. The molecule has 0 bridgehead atoms. The smallest absolute Gasteiger partial charge is 0.343 e. The number of nitrogens with two attached hydrogens (primary N) is 1. The van der Waals surface area contributed by atoms with Crippen molar-refractivity contribution in [2.24, 2.45) is 5.10 Å². The van der Waals surface area contributed by atoms with Crippen molar-refractivity contribution in [2.45, 2.75) is 33.1 Å². The van der Waals surface area contributed by atoms with E-state index in [1.165, 1.54) is 6.21 Å². The lowest BCUT2D eigenvalue weighted by Gasteiger charge is -2.17. The minimum absolute atomic E-state index is 0.0297. The van der Waals surface area contributed by atoms with E-state index in [0.717, 1.165) is 21.0 Å². The first-order chi connectivity index (χ1) is 16.7. The maximum Gasteiger partial charge on any atom is 0.343 e. The summed E-state index contributed by atoms with van der Waals surface area (Å²) in [7, 11) is 0. The summed E-state index contributed by atoms with van der Waals surface area (Å²) in [6.45, 7) is 7.40. The second-order valence-electron chi connectivity index (χ2n) is 9.07. The van der Waals surface area contributed by atoms with Crippen LogP contribution in [0.3, 0.4) is 0 Å². The van der Waals surface area contributed by atoms with Gasteiger partial charge in [0.15, 0.2) is 0 Å². The first-order valence-corrected chi connectivity index (χ1v) is 11.0. The molecule has 0 radical (unpaired) electrons. The highest BCUT2D eigenvalue weighted by atomic mass is 16.5. The molecule has 9 nitrogen and oxygen atoms in total. The lowest BCUT2D eigenvalue weighted by molar-refractivity contribution is 0.0734. The molecule has 0 fully saturated rings. The van der Waals surface area contributed by atoms with Gasteiger partial charge >= 0.3 is 5.97 Å². The Labute approximate surface area is 202 Å². The van der Waals surface area contributed by atoms with E-state index >= 15 is 0 Å². The predicted octanol–water partition coefficient (Wildman–Crippen LogP) is 3.78. The Morgan fingerprint density at radius 2 is 1.77 bits per heavy atom. The molecule has 0 unspecified atom stereocenters. The van der Waals surface area contributed by atoms with E-state index in [1.807, 2.05) is 70.2 Å². The highest BCUT2D eigenvalue weighted by Crippen LogP contribution is 2.28. The van der Waals surface area contributed by atoms with Crippen LogP contribution in [0.2, 0.25) is 0 Å². The van der Waals surface area contributed by atoms with Gasteiger partial charge in [0.25, 0.3) is 11.5 Å². The maximum absolute atomic E-state index is 12.9. The summed E-state index contributed by atoms with van der Waals surface area (Å²) < 4.78 is 6.62. The SMILES string of the molecule is Cc1ccccc1C(=O)Oc1ccc2ccccc2c1/C=N/Nc1nnc(C(C)(C)C)c(=O)n1N. The number of carbonyl (C=O) groups is 1. The number of ether oxygens (including phenoxy) is 1. The summed E-state index contributed by atoms with van der Waals surface area (Å²) in [5, 5.41) is 14.0. The van der Waals surface area contributed by atoms with Crippen LogP contribution < -0.4 is 21.6 Å². The van der Waals surface area contributed by atoms with Crippen LogP contribution in [0.25, 0.3) is 10.8 Å². The number of nitrogens with one attached hydrogen (secondary N) is 1. The predicted molar refractivity (Wildman–Crippen MR) is 136 cm³/mol. The van der Waals surface area contributed by atoms with Gasteiger partial charge in [0.2, 0.25) is 0 Å². The molecule has 0 amide bonds. The number of esters is 1. The van der Waals surface area contributed by atoms with Crippen molar-refractivity contribution in [1.82, 2.24) is 14.9 Å². The summed E-state index contributed by atoms with van der Waals surface area (Å²) in [5.41, 5.74) is 3.79. The zero-order chi connectivity index (χ0) is 25.2. The van der Waals surface area contributed by atoms with Crippen LogP contribution in [0, 0.1) is 6.92 Å². The zero-order valence-corrected chi connectivity index (χ0v) is 19.9. The molecule has 4 rings (SSSR count). The number of hydrogen-bond donors (Lipinski definition) is 2. The van der Waals surface area contributed by atoms with Crippen LogP contribution in [-0.2, 0) is 5.41 Å². The van der Waals surface area contributed by atoms with Crippen LogP contribution in [0.5, 0.6) is 5.75 Å². The van der Waals surface area contributed by atoms with Gasteiger partial charge in [0, 0.05) is 11.0 Å². The lowest BCUT2D eigenvalue weighted by Crippen LogP contribution is -2.38. The summed E-state index contributed by atoms with van der Waals surface area (Å²) in [5.74, 6) is 5.75. The van der Waals surface area contributed by atoms with Gasteiger partial charge < -0.3 is 10.6 Å². The molecule has 0 atom stereocenters. The number of aromatic nitrogens is 3. The summed E-state index contributed by atoms with van der Waals surface area (Å²) in [4.78, 5) is 25.4. The van der Waals surface area contributed by atoms with Crippen molar-refractivity contribution < 1.29 is 9.53 Å². The fourth-order valence-electron chi connectivity index (χ4n) is 3.55. The molecule has 0 aliphatic heterocycles. The van der Waals surface area contributed by atoms with E-state index in [0.29, 0.717) is 16.9 Å². The number of rotatable bonds is 5. The molecule has 3 N–H and O–H groups in total. The molecule has 0 aliphatic carbocycles. The van der Waals surface area contributed by atoms with E-state index < -0.39 is 16.9 Å². The van der Waals surface area contributed by atoms with E-state index in [4.69, 9.17) is 10.6 Å². The third-order valence-corrected chi connectivity index (χ3v) is 5.46. The Balaban J connectivity index is 1.68. The number of fused-ring (bicyclic) bond motifs is 1. The first kappa shape index (κ1) is 23.6. The number of hydrazone groups is 1. The van der Waals surface area contributed by atoms with Crippen LogP contribution in [0.1, 0.15) is 48.0 Å². The van der Waals surface area contributed by atoms with Gasteiger partial charge in [-0.2, -0.15) is 9.78 Å². The van der Waals surface area contributed by atoms with E-state index in [-0.39, 0.29) is 11.6 Å². The number of nitrogen functional groups attached to an aromatic ring is 1. The van der Waals surface area contributed by atoms with Crippen molar-refractivity contribution >= 4 is 28.9 Å². The third-order valence-electron chi connectivity index (χ3n) is 5.46. The molecule has 3 aromatic carbocycles. The summed E-state index contributed by atoms with van der Waals surface area (Å²) in [6, 6.07) is 18.4. The average molecular weight is 471 g/mol. The van der Waals surface area contributed by atoms with E-state index in [1.54, 1.807) is 18.2 Å². The van der Waals surface area contributed by atoms with E-state index in [9.17, 15) is 9.59 Å². The Bertz CT molecular complexity index is 1500. The van der Waals surface area contributed by atoms with Crippen LogP contribution in [0.15, 0.2) is 70.6 Å². The fourth-order valence-corrected chi connectivity index (χ4v) is 3.55. The minimum atomic E-state index is -0.508. The van der Waals surface area contributed by atoms with Gasteiger partial charge in [-0.1, -0.05) is 69.3 Å². The summed E-state index contributed by atoms with van der Waals surface area (Å²) >= 11 is 0. The number of hydrogen-bond acceptors (Lipinski definition) is 8. The molecular weight excluding hydrogens is 444 g/mol. The molecule has 0 saturated carbocycles. The Morgan fingerprint density at radius 1 is 1.06 bits per heavy atom. The molecule has 4 aromatic rings. The number of carbonyl (C=O) groups excluding carboxylic acids is 1. The highest BCUT2D eigenvalue weighted by Gasteiger charge is 2.22. The van der Waals surface area contributed by atoms with Gasteiger partial charge in [-0.25, -0.2) is 10.2 Å². The largest absolute Gasteiger partial charge is 0.422 e. The van der Waals surface area contributed by atoms with Crippen molar-refractivity contribution in [3.05, 3.63) is 93.4 Å². The van der Waals surface area contributed by atoms with Gasteiger partial charge in [-0.15, -0.1) is 10.2 Å². The van der Waals surface area contributed by atoms with Crippen molar-refractivity contribution in [1.29, 1.82) is 0 Å². The lowest BCUT2D eigenvalue weighted by atomic mass is 9.93. The van der Waals surface area contributed by atoms with Crippen molar-refractivity contribution in [3.63, 3.8) is 0 Å². The number of benzene rings is 3. The number of anilines is 1. The molecule has 9 heteroatoms. The average Bonchev–Trinajstić information content (AvgIpc) is 2.82. The number of aryl methyl sites for hydroxylation is 1. The molecule has 0 saturated heterocycles. The zero-order valence-electron chi connectivity index (χ0n) is 19.9. The Hall–Kier alpha value is -4.53. The quantitative estimate of drug-likeness (QED) is 0.150. The molecular formula is C26H26N6O3. The van der Waals surface area contributed by atoms with E-state index in [2.05, 4.69) is 20.7 Å². The van der Waals surface area contributed by atoms with Crippen LogP contribution in [-0.4, -0.2) is 27.1 Å². The Morgan fingerprint density at radius 3 is 2.51 bits per heavy atom. The van der Waals surface area contributed by atoms with Gasteiger partial charge in [0.05, 0.1) is 11.8 Å². The fraction of sp³-hybridized carbons (Fsp3) is 0.192. The molecule has 1 aromatic heterocycles. The van der Waals surface area contributed by atoms with Gasteiger partial charge in [-0.05, 0) is 35.4 Å². The summed E-state index contributed by atoms with van der Waals surface area (Å²) in [6.07, 6.45) is 1.49. The second kappa shape index (κ2) is 9.38. The van der Waals surface area contributed by atoms with Crippen LogP contribution in [0.4, 0.5) is 5.95 Å². The van der Waals surface area contributed by atoms with Crippen LogP contribution >= 0.6 is 0 Å². The second-order valence-corrected chi connectivity index (χ2v) is 9.07. The standard InChI is InChI=1S/C26H26N6O3/c1-16-9-5-7-11-18(16)24(34)35-21-14-13-17-10-6-8-12-19(17)20(21)15-28-30-25-31-29-22(26(2,3)4)23(33)32(25)27/h5-15H,27H2,1-4H3,(H,30,31)/b28-15+. The van der Waals surface area contributed by atoms with Gasteiger partial charge in [-0.3, -0.25) is 4.79 Å². The Kier molecular flexibility index (Phi) is 6.33. The molecule has 1 heterocycles. The maximum atomic E-state index is 12.9. The normalized spacial score (nSPS) is 11.7. The topological polar surface area (TPSA) is 124 Å².